The van der Waals surface area contributed by atoms with Crippen LogP contribution in [0.25, 0.3) is 0 Å². The molecule has 1 aromatic carbocycles. The van der Waals surface area contributed by atoms with E-state index >= 15 is 0 Å². The second-order valence-electron chi connectivity index (χ2n) is 4.65. The second kappa shape index (κ2) is 5.75. The number of ether oxygens (including phenoxy) is 1. The molecule has 0 N–H and O–H groups in total. The number of carbonyl (C=O) groups is 3. The molecule has 1 aromatic rings. The van der Waals surface area contributed by atoms with Crippen LogP contribution in [-0.4, -0.2) is 31.3 Å². The van der Waals surface area contributed by atoms with Crippen molar-refractivity contribution in [1.82, 2.24) is 0 Å². The van der Waals surface area contributed by atoms with E-state index in [9.17, 15) is 14.4 Å². The number of benzene rings is 1. The van der Waals surface area contributed by atoms with Gasteiger partial charge in [0.1, 0.15) is 0 Å². The second-order valence-corrected chi connectivity index (χ2v) is 5.51. The molecule has 20 heavy (non-hydrogen) atoms. The molecule has 1 unspecified atom stereocenters. The zero-order chi connectivity index (χ0) is 14.9. The van der Waals surface area contributed by atoms with E-state index < -0.39 is 5.92 Å². The van der Waals surface area contributed by atoms with Gasteiger partial charge in [-0.15, -0.1) is 0 Å². The maximum atomic E-state index is 12.1. The van der Waals surface area contributed by atoms with Crippen molar-refractivity contribution in [3.63, 3.8) is 0 Å². The van der Waals surface area contributed by atoms with Gasteiger partial charge in [-0.3, -0.25) is 14.4 Å². The molecule has 0 aromatic heterocycles. The summed E-state index contributed by atoms with van der Waals surface area (Å²) in [6.07, 6.45) is 0.128. The van der Waals surface area contributed by atoms with E-state index in [0.29, 0.717) is 15.7 Å². The predicted octanol–water partition coefficient (Wildman–Crippen LogP) is 2.18. The molecular weight excluding hydrogens is 326 g/mol. The Bertz CT molecular complexity index is 585. The van der Waals surface area contributed by atoms with Gasteiger partial charge in [0, 0.05) is 23.0 Å². The quantitative estimate of drug-likeness (QED) is 0.625. The van der Waals surface area contributed by atoms with Gasteiger partial charge in [-0.2, -0.15) is 0 Å². The highest BCUT2D eigenvalue weighted by molar-refractivity contribution is 9.10. The SMILES string of the molecule is COC(=O)C1CC(=O)N(c2cc(C(C)=O)ccc2Br)C1. The van der Waals surface area contributed by atoms with E-state index in [4.69, 9.17) is 0 Å². The molecule has 1 aliphatic rings. The standard InChI is InChI=1S/C14H14BrNO4/c1-8(17)9-3-4-11(15)12(5-9)16-7-10(6-13(16)18)14(19)20-2/h3-5,10H,6-7H2,1-2H3. The first kappa shape index (κ1) is 14.7. The third-order valence-corrected chi connectivity index (χ3v) is 3.97. The van der Waals surface area contributed by atoms with Gasteiger partial charge in [0.2, 0.25) is 5.91 Å². The highest BCUT2D eigenvalue weighted by Crippen LogP contribution is 2.32. The van der Waals surface area contributed by atoms with Crippen molar-refractivity contribution in [3.8, 4) is 0 Å². The Morgan fingerprint density at radius 3 is 2.70 bits per heavy atom. The Labute approximate surface area is 125 Å². The summed E-state index contributed by atoms with van der Waals surface area (Å²) in [6.45, 7) is 1.74. The van der Waals surface area contributed by atoms with Crippen molar-refractivity contribution in [2.24, 2.45) is 5.92 Å². The minimum Gasteiger partial charge on any atom is -0.469 e. The minimum absolute atomic E-state index is 0.0742. The average Bonchev–Trinajstić information content (AvgIpc) is 2.80. The lowest BCUT2D eigenvalue weighted by molar-refractivity contribution is -0.145. The van der Waals surface area contributed by atoms with Gasteiger partial charge >= 0.3 is 5.97 Å². The van der Waals surface area contributed by atoms with Gasteiger partial charge in [0.25, 0.3) is 0 Å². The third kappa shape index (κ3) is 2.75. The van der Waals surface area contributed by atoms with E-state index in [2.05, 4.69) is 20.7 Å². The number of methoxy groups -OCH3 is 1. The summed E-state index contributed by atoms with van der Waals surface area (Å²) in [5.74, 6) is -1.07. The van der Waals surface area contributed by atoms with Crippen molar-refractivity contribution < 1.29 is 19.1 Å². The van der Waals surface area contributed by atoms with Crippen LogP contribution < -0.4 is 4.90 Å². The van der Waals surface area contributed by atoms with Gasteiger partial charge in [-0.25, -0.2) is 0 Å². The summed E-state index contributed by atoms with van der Waals surface area (Å²) < 4.78 is 5.38. The Morgan fingerprint density at radius 1 is 1.40 bits per heavy atom. The summed E-state index contributed by atoms with van der Waals surface area (Å²) in [4.78, 5) is 36.5. The molecule has 5 nitrogen and oxygen atoms in total. The third-order valence-electron chi connectivity index (χ3n) is 3.30. The molecular formula is C14H14BrNO4. The predicted molar refractivity (Wildman–Crippen MR) is 76.6 cm³/mol. The number of amides is 1. The van der Waals surface area contributed by atoms with Crippen LogP contribution in [0.4, 0.5) is 5.69 Å². The molecule has 2 rings (SSSR count). The van der Waals surface area contributed by atoms with Crippen LogP contribution in [0.3, 0.4) is 0 Å². The fourth-order valence-electron chi connectivity index (χ4n) is 2.20. The lowest BCUT2D eigenvalue weighted by Gasteiger charge is -2.18. The number of esters is 1. The number of ketones is 1. The number of anilines is 1. The summed E-state index contributed by atoms with van der Waals surface area (Å²) in [5, 5.41) is 0. The number of carbonyl (C=O) groups excluding carboxylic acids is 3. The lowest BCUT2D eigenvalue weighted by atomic mass is 10.1. The highest BCUT2D eigenvalue weighted by Gasteiger charge is 2.36. The number of halogens is 1. The van der Waals surface area contributed by atoms with Crippen LogP contribution in [0.2, 0.25) is 0 Å². The molecule has 1 amide bonds. The number of nitrogens with zero attached hydrogens (tertiary/aromatic N) is 1. The molecule has 0 radical (unpaired) electrons. The molecule has 1 atom stereocenters. The van der Waals surface area contributed by atoms with Crippen LogP contribution in [0.1, 0.15) is 23.7 Å². The molecule has 1 aliphatic heterocycles. The number of hydrogen-bond donors (Lipinski definition) is 0. The molecule has 106 valence electrons. The molecule has 1 saturated heterocycles. The van der Waals surface area contributed by atoms with Gasteiger partial charge in [0.15, 0.2) is 5.78 Å². The summed E-state index contributed by atoms with van der Waals surface area (Å²) in [7, 11) is 1.31. The Morgan fingerprint density at radius 2 is 2.10 bits per heavy atom. The van der Waals surface area contributed by atoms with Crippen LogP contribution >= 0.6 is 15.9 Å². The van der Waals surface area contributed by atoms with Crippen molar-refractivity contribution in [1.29, 1.82) is 0 Å². The first-order valence-corrected chi connectivity index (χ1v) is 6.92. The Kier molecular flexibility index (Phi) is 4.23. The number of Topliss-reactive ketones (excluding diaryl/α,β-unsaturated/α-hetero) is 1. The maximum absolute atomic E-state index is 12.1. The van der Waals surface area contributed by atoms with E-state index in [-0.39, 0.29) is 30.6 Å². The Hall–Kier alpha value is -1.69. The van der Waals surface area contributed by atoms with Crippen molar-refractivity contribution in [3.05, 3.63) is 28.2 Å². The normalized spacial score (nSPS) is 18.2. The molecule has 0 spiro atoms. The molecule has 6 heteroatoms. The van der Waals surface area contributed by atoms with Crippen molar-refractivity contribution in [2.75, 3.05) is 18.6 Å². The largest absolute Gasteiger partial charge is 0.469 e. The first-order valence-electron chi connectivity index (χ1n) is 6.12. The number of rotatable bonds is 3. The van der Waals surface area contributed by atoms with Gasteiger partial charge in [-0.1, -0.05) is 6.07 Å². The molecule has 1 heterocycles. The molecule has 0 bridgehead atoms. The van der Waals surface area contributed by atoms with E-state index in [1.54, 1.807) is 18.2 Å². The zero-order valence-electron chi connectivity index (χ0n) is 11.2. The maximum Gasteiger partial charge on any atom is 0.311 e. The highest BCUT2D eigenvalue weighted by atomic mass is 79.9. The van der Waals surface area contributed by atoms with E-state index in [0.717, 1.165) is 0 Å². The average molecular weight is 340 g/mol. The summed E-state index contributed by atoms with van der Waals surface area (Å²) >= 11 is 3.37. The smallest absolute Gasteiger partial charge is 0.311 e. The molecule has 0 aliphatic carbocycles. The summed E-state index contributed by atoms with van der Waals surface area (Å²) in [5.41, 5.74) is 1.13. The van der Waals surface area contributed by atoms with Crippen LogP contribution in [-0.2, 0) is 14.3 Å². The molecule has 1 fully saturated rings. The lowest BCUT2D eigenvalue weighted by Crippen LogP contribution is -2.26. The van der Waals surface area contributed by atoms with Gasteiger partial charge < -0.3 is 9.64 Å². The topological polar surface area (TPSA) is 63.7 Å². The minimum atomic E-state index is -0.458. The summed E-state index contributed by atoms with van der Waals surface area (Å²) in [6, 6.07) is 5.07. The fraction of sp³-hybridized carbons (Fsp3) is 0.357. The van der Waals surface area contributed by atoms with Crippen molar-refractivity contribution in [2.45, 2.75) is 13.3 Å². The van der Waals surface area contributed by atoms with Crippen LogP contribution in [0.15, 0.2) is 22.7 Å². The van der Waals surface area contributed by atoms with E-state index in [1.807, 2.05) is 0 Å². The van der Waals surface area contributed by atoms with Crippen LogP contribution in [0.5, 0.6) is 0 Å². The van der Waals surface area contributed by atoms with E-state index in [1.165, 1.54) is 18.9 Å². The Balaban J connectivity index is 2.32. The molecule has 0 saturated carbocycles. The van der Waals surface area contributed by atoms with Crippen molar-refractivity contribution >= 4 is 39.3 Å². The monoisotopic (exact) mass is 339 g/mol. The number of hydrogen-bond acceptors (Lipinski definition) is 4. The first-order chi connectivity index (χ1) is 9.43. The van der Waals surface area contributed by atoms with Gasteiger partial charge in [0.05, 0.1) is 18.7 Å². The van der Waals surface area contributed by atoms with Crippen LogP contribution in [0, 0.1) is 5.92 Å². The zero-order valence-corrected chi connectivity index (χ0v) is 12.8. The fourth-order valence-corrected chi connectivity index (χ4v) is 2.66. The van der Waals surface area contributed by atoms with Gasteiger partial charge in [-0.05, 0) is 35.0 Å².